The first kappa shape index (κ1) is 14.2. The Morgan fingerprint density at radius 2 is 1.81 bits per heavy atom. The second-order valence-corrected chi connectivity index (χ2v) is 6.29. The van der Waals surface area contributed by atoms with Crippen molar-refractivity contribution < 1.29 is 0 Å². The summed E-state index contributed by atoms with van der Waals surface area (Å²) in [4.78, 5) is 0. The summed E-state index contributed by atoms with van der Waals surface area (Å²) in [5.41, 5.74) is 13.9. The van der Waals surface area contributed by atoms with Gasteiger partial charge in [-0.2, -0.15) is 5.26 Å². The third-order valence-corrected chi connectivity index (χ3v) is 4.92. The van der Waals surface area contributed by atoms with Crippen molar-refractivity contribution in [2.75, 3.05) is 0 Å². The molecule has 0 bridgehead atoms. The average molecular weight is 303 g/mol. The predicted molar refractivity (Wildman–Crippen MR) is 83.0 cm³/mol. The van der Waals surface area contributed by atoms with Gasteiger partial charge in [-0.25, -0.2) is 5.43 Å². The van der Waals surface area contributed by atoms with Gasteiger partial charge in [-0.3, -0.25) is 0 Å². The van der Waals surface area contributed by atoms with E-state index in [0.29, 0.717) is 23.2 Å². The summed E-state index contributed by atoms with van der Waals surface area (Å²) in [6.07, 6.45) is 4.49. The Bertz CT molecular complexity index is 579. The number of halogens is 1. The highest BCUT2D eigenvalue weighted by molar-refractivity contribution is 6.30. The highest BCUT2D eigenvalue weighted by Crippen LogP contribution is 2.39. The molecule has 1 fully saturated rings. The number of hydrogen-bond donors (Lipinski definition) is 3. The first-order valence-corrected chi connectivity index (χ1v) is 7.73. The second-order valence-electron chi connectivity index (χ2n) is 5.85. The standard InChI is InChI=1S/C16H19ClN4/c17-13-7-5-11(6-8-13)10-1-3-12(4-2-10)15-14(9-18)16(19)21-20-15/h5-8,10,12,15,20-21H,1-4,19H2. The summed E-state index contributed by atoms with van der Waals surface area (Å²) in [6, 6.07) is 10.5. The summed E-state index contributed by atoms with van der Waals surface area (Å²) in [6.45, 7) is 0. The lowest BCUT2D eigenvalue weighted by molar-refractivity contribution is 0.275. The summed E-state index contributed by atoms with van der Waals surface area (Å²) >= 11 is 5.94. The van der Waals surface area contributed by atoms with Gasteiger partial charge < -0.3 is 11.2 Å². The van der Waals surface area contributed by atoms with E-state index in [4.69, 9.17) is 17.3 Å². The molecule has 2 aliphatic rings. The molecule has 4 N–H and O–H groups in total. The maximum atomic E-state index is 9.21. The van der Waals surface area contributed by atoms with E-state index in [9.17, 15) is 5.26 Å². The number of hydrazine groups is 1. The van der Waals surface area contributed by atoms with Gasteiger partial charge in [0.2, 0.25) is 0 Å². The molecule has 0 aromatic heterocycles. The minimum atomic E-state index is 0.0566. The van der Waals surface area contributed by atoms with Crippen molar-refractivity contribution >= 4 is 11.6 Å². The molecular weight excluding hydrogens is 284 g/mol. The van der Waals surface area contributed by atoms with Crippen LogP contribution < -0.4 is 16.6 Å². The van der Waals surface area contributed by atoms with E-state index >= 15 is 0 Å². The molecule has 1 saturated carbocycles. The maximum absolute atomic E-state index is 9.21. The van der Waals surface area contributed by atoms with Gasteiger partial charge in [-0.1, -0.05) is 23.7 Å². The Morgan fingerprint density at radius 1 is 1.14 bits per heavy atom. The fourth-order valence-electron chi connectivity index (χ4n) is 3.47. The quantitative estimate of drug-likeness (QED) is 0.785. The molecule has 1 aliphatic heterocycles. The Labute approximate surface area is 129 Å². The first-order chi connectivity index (χ1) is 10.2. The summed E-state index contributed by atoms with van der Waals surface area (Å²) in [7, 11) is 0. The van der Waals surface area contributed by atoms with Gasteiger partial charge in [-0.05, 0) is 55.2 Å². The number of nitrogens with one attached hydrogen (secondary N) is 2. The van der Waals surface area contributed by atoms with Crippen LogP contribution in [-0.2, 0) is 0 Å². The van der Waals surface area contributed by atoms with Crippen LogP contribution in [0.25, 0.3) is 0 Å². The zero-order valence-electron chi connectivity index (χ0n) is 11.8. The zero-order chi connectivity index (χ0) is 14.8. The van der Waals surface area contributed by atoms with Gasteiger partial charge in [0.1, 0.15) is 11.9 Å². The molecule has 0 radical (unpaired) electrons. The van der Waals surface area contributed by atoms with Crippen molar-refractivity contribution in [2.45, 2.75) is 37.6 Å². The second kappa shape index (κ2) is 5.97. The number of nitrogens with zero attached hydrogens (tertiary/aromatic N) is 1. The smallest absolute Gasteiger partial charge is 0.126 e. The van der Waals surface area contributed by atoms with Crippen LogP contribution in [-0.4, -0.2) is 6.04 Å². The van der Waals surface area contributed by atoms with Crippen molar-refractivity contribution in [3.63, 3.8) is 0 Å². The molecule has 5 heteroatoms. The summed E-state index contributed by atoms with van der Waals surface area (Å²) in [5.74, 6) is 1.54. The van der Waals surface area contributed by atoms with E-state index in [1.54, 1.807) is 0 Å². The largest absolute Gasteiger partial charge is 0.384 e. The van der Waals surface area contributed by atoms with Gasteiger partial charge in [0, 0.05) is 5.02 Å². The van der Waals surface area contributed by atoms with E-state index in [2.05, 4.69) is 29.1 Å². The number of hydrogen-bond acceptors (Lipinski definition) is 4. The SMILES string of the molecule is N#CC1=C(N)NNC1C1CCC(c2ccc(Cl)cc2)CC1. The normalized spacial score (nSPS) is 29.0. The van der Waals surface area contributed by atoms with Crippen molar-refractivity contribution in [3.8, 4) is 6.07 Å². The molecule has 21 heavy (non-hydrogen) atoms. The third-order valence-electron chi connectivity index (χ3n) is 4.67. The molecule has 1 aromatic carbocycles. The van der Waals surface area contributed by atoms with Gasteiger partial charge in [-0.15, -0.1) is 0 Å². The van der Waals surface area contributed by atoms with Crippen molar-refractivity contribution in [2.24, 2.45) is 11.7 Å². The first-order valence-electron chi connectivity index (χ1n) is 7.35. The lowest BCUT2D eigenvalue weighted by Gasteiger charge is -2.32. The van der Waals surface area contributed by atoms with Crippen LogP contribution in [0.1, 0.15) is 37.2 Å². The number of nitrogens with two attached hydrogens (primary N) is 1. The molecule has 110 valence electrons. The minimum Gasteiger partial charge on any atom is -0.384 e. The van der Waals surface area contributed by atoms with E-state index in [1.165, 1.54) is 5.56 Å². The van der Waals surface area contributed by atoms with Crippen LogP contribution in [0.2, 0.25) is 5.02 Å². The lowest BCUT2D eigenvalue weighted by atomic mass is 9.75. The van der Waals surface area contributed by atoms with Crippen molar-refractivity contribution in [1.29, 1.82) is 5.26 Å². The van der Waals surface area contributed by atoms with Crippen LogP contribution in [0.5, 0.6) is 0 Å². The van der Waals surface area contributed by atoms with Crippen LogP contribution in [0.3, 0.4) is 0 Å². The van der Waals surface area contributed by atoms with Gasteiger partial charge in [0.25, 0.3) is 0 Å². The Balaban J connectivity index is 1.63. The van der Waals surface area contributed by atoms with Crippen molar-refractivity contribution in [1.82, 2.24) is 10.9 Å². The van der Waals surface area contributed by atoms with Gasteiger partial charge >= 0.3 is 0 Å². The molecule has 1 unspecified atom stereocenters. The third kappa shape index (κ3) is 2.85. The maximum Gasteiger partial charge on any atom is 0.126 e. The number of rotatable bonds is 2. The average Bonchev–Trinajstić information content (AvgIpc) is 2.89. The van der Waals surface area contributed by atoms with E-state index in [0.717, 1.165) is 30.7 Å². The number of nitriles is 1. The molecule has 1 aliphatic carbocycles. The molecular formula is C16H19ClN4. The summed E-state index contributed by atoms with van der Waals surface area (Å²) in [5, 5.41) is 10.00. The van der Waals surface area contributed by atoms with Crippen LogP contribution in [0.4, 0.5) is 0 Å². The highest BCUT2D eigenvalue weighted by Gasteiger charge is 2.34. The molecule has 4 nitrogen and oxygen atoms in total. The van der Waals surface area contributed by atoms with Gasteiger partial charge in [0.15, 0.2) is 0 Å². The van der Waals surface area contributed by atoms with Gasteiger partial charge in [0.05, 0.1) is 11.6 Å². The molecule has 0 saturated heterocycles. The minimum absolute atomic E-state index is 0.0566. The molecule has 0 amide bonds. The fraction of sp³-hybridized carbons (Fsp3) is 0.438. The number of benzene rings is 1. The predicted octanol–water partition coefficient (Wildman–Crippen LogP) is 2.78. The molecule has 1 aromatic rings. The van der Waals surface area contributed by atoms with E-state index in [1.807, 2.05) is 12.1 Å². The summed E-state index contributed by atoms with van der Waals surface area (Å²) < 4.78 is 0. The van der Waals surface area contributed by atoms with Crippen molar-refractivity contribution in [3.05, 3.63) is 46.2 Å². The molecule has 1 atom stereocenters. The molecule has 0 spiro atoms. The lowest BCUT2D eigenvalue weighted by Crippen LogP contribution is -2.40. The van der Waals surface area contributed by atoms with E-state index in [-0.39, 0.29) is 6.04 Å². The fourth-order valence-corrected chi connectivity index (χ4v) is 3.59. The Hall–Kier alpha value is -1.70. The highest BCUT2D eigenvalue weighted by atomic mass is 35.5. The van der Waals surface area contributed by atoms with Crippen LogP contribution in [0.15, 0.2) is 35.7 Å². The Morgan fingerprint density at radius 3 is 2.43 bits per heavy atom. The topological polar surface area (TPSA) is 73.9 Å². The van der Waals surface area contributed by atoms with E-state index < -0.39 is 0 Å². The van der Waals surface area contributed by atoms with Crippen LogP contribution >= 0.6 is 11.6 Å². The Kier molecular flexibility index (Phi) is 4.05. The molecule has 3 rings (SSSR count). The molecule has 1 heterocycles. The van der Waals surface area contributed by atoms with Crippen LogP contribution in [0, 0.1) is 17.2 Å². The monoisotopic (exact) mass is 302 g/mol. The zero-order valence-corrected chi connectivity index (χ0v) is 12.5.